The molecule has 0 radical (unpaired) electrons. The Balaban J connectivity index is 2.28. The van der Waals surface area contributed by atoms with Gasteiger partial charge in [-0.3, -0.25) is 4.79 Å². The Bertz CT molecular complexity index is 684. The maximum atomic E-state index is 10.8. The molecule has 1 aromatic carbocycles. The highest BCUT2D eigenvalue weighted by Crippen LogP contribution is 2.16. The van der Waals surface area contributed by atoms with Crippen LogP contribution in [-0.2, 0) is 0 Å². The molecule has 0 saturated carbocycles. The lowest BCUT2D eigenvalue weighted by Gasteiger charge is -1.96. The minimum Gasteiger partial charge on any atom is -0.358 e. The second-order valence-electron chi connectivity index (χ2n) is 3.90. The zero-order valence-corrected chi connectivity index (χ0v) is 10.5. The summed E-state index contributed by atoms with van der Waals surface area (Å²) in [6, 6.07) is 6.93. The third-order valence-electron chi connectivity index (χ3n) is 2.67. The first-order chi connectivity index (χ1) is 9.65. The number of benzene rings is 1. The summed E-state index contributed by atoms with van der Waals surface area (Å²) >= 11 is 0. The summed E-state index contributed by atoms with van der Waals surface area (Å²) in [5.41, 5.74) is 1.45. The molecule has 1 aromatic heterocycles. The van der Waals surface area contributed by atoms with Crippen LogP contribution in [0.25, 0.3) is 18.4 Å². The van der Waals surface area contributed by atoms with Crippen LogP contribution < -0.4 is 0 Å². The summed E-state index contributed by atoms with van der Waals surface area (Å²) in [4.78, 5) is 24.8. The molecule has 0 aliphatic carbocycles. The number of aromatic nitrogens is 2. The first kappa shape index (κ1) is 13.4. The van der Waals surface area contributed by atoms with Crippen molar-refractivity contribution in [2.24, 2.45) is 0 Å². The molecule has 0 atom stereocenters. The van der Waals surface area contributed by atoms with Crippen LogP contribution in [0.2, 0.25) is 0 Å². The second-order valence-corrected chi connectivity index (χ2v) is 3.90. The molecule has 0 unspecified atom stereocenters. The van der Waals surface area contributed by atoms with E-state index in [4.69, 9.17) is 0 Å². The molecule has 0 spiro atoms. The Kier molecular flexibility index (Phi) is 3.85. The lowest BCUT2D eigenvalue weighted by Crippen LogP contribution is -1.97. The van der Waals surface area contributed by atoms with E-state index in [9.17, 15) is 14.9 Å². The first-order valence-corrected chi connectivity index (χ1v) is 5.73. The summed E-state index contributed by atoms with van der Waals surface area (Å²) in [7, 11) is 0. The monoisotopic (exact) mass is 269 g/mol. The predicted molar refractivity (Wildman–Crippen MR) is 76.0 cm³/mol. The normalized spacial score (nSPS) is 10.6. The highest BCUT2D eigenvalue weighted by molar-refractivity contribution is 5.76. The van der Waals surface area contributed by atoms with E-state index in [0.29, 0.717) is 11.4 Å². The quantitative estimate of drug-likeness (QED) is 0.475. The van der Waals surface area contributed by atoms with Crippen molar-refractivity contribution in [3.8, 4) is 0 Å². The molecule has 6 heteroatoms. The smallest absolute Gasteiger partial charge is 0.347 e. The van der Waals surface area contributed by atoms with Crippen molar-refractivity contribution in [1.29, 1.82) is 0 Å². The molecule has 2 rings (SSSR count). The van der Waals surface area contributed by atoms with Crippen molar-refractivity contribution in [1.82, 2.24) is 9.55 Å². The number of aldehydes is 1. The average molecular weight is 269 g/mol. The van der Waals surface area contributed by atoms with Crippen LogP contribution in [0.3, 0.4) is 0 Å². The fraction of sp³-hybridized carbons (Fsp3) is 0. The molecule has 100 valence electrons. The predicted octanol–water partition coefficient (Wildman–Crippen LogP) is 2.87. The molecule has 0 bridgehead atoms. The highest BCUT2D eigenvalue weighted by Gasteiger charge is 2.15. The van der Waals surface area contributed by atoms with Crippen LogP contribution in [0.1, 0.15) is 21.7 Å². The van der Waals surface area contributed by atoms with Gasteiger partial charge in [-0.2, -0.15) is 4.57 Å². The van der Waals surface area contributed by atoms with Gasteiger partial charge in [0.25, 0.3) is 0 Å². The SMILES string of the molecule is C=Cn1c([N+](=O)[O-])cnc1C=Cc1ccc(C=O)cc1. The summed E-state index contributed by atoms with van der Waals surface area (Å²) < 4.78 is 1.29. The molecule has 20 heavy (non-hydrogen) atoms. The van der Waals surface area contributed by atoms with Crippen LogP contribution in [0.15, 0.2) is 37.0 Å². The highest BCUT2D eigenvalue weighted by atomic mass is 16.6. The summed E-state index contributed by atoms with van der Waals surface area (Å²) in [6.07, 6.45) is 6.67. The summed E-state index contributed by atoms with van der Waals surface area (Å²) in [5, 5.41) is 10.8. The standard InChI is InChI=1S/C14H11N3O3/c1-2-16-13(15-9-14(16)17(19)20)8-7-11-3-5-12(10-18)6-4-11/h2-10H,1H2. The Labute approximate surface area is 114 Å². The van der Waals surface area contributed by atoms with E-state index in [1.807, 2.05) is 0 Å². The van der Waals surface area contributed by atoms with E-state index < -0.39 is 4.92 Å². The van der Waals surface area contributed by atoms with Crippen molar-refractivity contribution in [2.45, 2.75) is 0 Å². The average Bonchev–Trinajstić information content (AvgIpc) is 2.88. The number of hydrogen-bond donors (Lipinski definition) is 0. The van der Waals surface area contributed by atoms with Crippen LogP contribution >= 0.6 is 0 Å². The fourth-order valence-electron chi connectivity index (χ4n) is 1.67. The van der Waals surface area contributed by atoms with Gasteiger partial charge in [0.2, 0.25) is 5.82 Å². The van der Waals surface area contributed by atoms with Gasteiger partial charge in [0, 0.05) is 11.6 Å². The lowest BCUT2D eigenvalue weighted by atomic mass is 10.1. The number of hydrogen-bond acceptors (Lipinski definition) is 4. The topological polar surface area (TPSA) is 78.0 Å². The molecule has 0 aliphatic rings. The third-order valence-corrected chi connectivity index (χ3v) is 2.67. The Morgan fingerprint density at radius 3 is 2.40 bits per heavy atom. The molecule has 0 aliphatic heterocycles. The minimum absolute atomic E-state index is 0.143. The molecule has 2 aromatic rings. The van der Waals surface area contributed by atoms with Gasteiger partial charge in [-0.15, -0.1) is 0 Å². The number of nitrogens with zero attached hydrogens (tertiary/aromatic N) is 3. The van der Waals surface area contributed by atoms with Gasteiger partial charge in [-0.25, -0.2) is 4.98 Å². The van der Waals surface area contributed by atoms with Crippen LogP contribution in [0, 0.1) is 10.1 Å². The number of rotatable bonds is 5. The minimum atomic E-state index is -0.523. The van der Waals surface area contributed by atoms with Gasteiger partial charge >= 0.3 is 5.82 Å². The van der Waals surface area contributed by atoms with E-state index >= 15 is 0 Å². The number of carbonyl (C=O) groups is 1. The van der Waals surface area contributed by atoms with Crippen molar-refractivity contribution in [3.63, 3.8) is 0 Å². The molecule has 0 saturated heterocycles. The Morgan fingerprint density at radius 2 is 1.85 bits per heavy atom. The van der Waals surface area contributed by atoms with Crippen molar-refractivity contribution < 1.29 is 9.72 Å². The van der Waals surface area contributed by atoms with Gasteiger partial charge in [0.1, 0.15) is 12.5 Å². The molecular formula is C14H11N3O3. The van der Waals surface area contributed by atoms with E-state index in [1.165, 1.54) is 17.0 Å². The zero-order chi connectivity index (χ0) is 14.5. The van der Waals surface area contributed by atoms with Crippen LogP contribution in [-0.4, -0.2) is 20.8 Å². The largest absolute Gasteiger partial charge is 0.358 e. The summed E-state index contributed by atoms with van der Waals surface area (Å²) in [6.45, 7) is 3.53. The third kappa shape index (κ3) is 2.69. The van der Waals surface area contributed by atoms with Crippen molar-refractivity contribution in [2.75, 3.05) is 0 Å². The first-order valence-electron chi connectivity index (χ1n) is 5.73. The molecule has 0 fully saturated rings. The van der Waals surface area contributed by atoms with Gasteiger partial charge in [-0.1, -0.05) is 30.8 Å². The molecule has 0 amide bonds. The maximum absolute atomic E-state index is 10.8. The lowest BCUT2D eigenvalue weighted by molar-refractivity contribution is -0.390. The fourth-order valence-corrected chi connectivity index (χ4v) is 1.67. The number of nitro groups is 1. The molecule has 0 N–H and O–H groups in total. The van der Waals surface area contributed by atoms with Crippen LogP contribution in [0.4, 0.5) is 5.82 Å². The Hall–Kier alpha value is -3.02. The van der Waals surface area contributed by atoms with Gasteiger partial charge in [0.05, 0.1) is 6.20 Å². The van der Waals surface area contributed by atoms with Crippen molar-refractivity contribution in [3.05, 3.63) is 64.1 Å². The van der Waals surface area contributed by atoms with Gasteiger partial charge in [0.15, 0.2) is 0 Å². The van der Waals surface area contributed by atoms with Crippen LogP contribution in [0.5, 0.6) is 0 Å². The van der Waals surface area contributed by atoms with Gasteiger partial charge < -0.3 is 10.1 Å². The summed E-state index contributed by atoms with van der Waals surface area (Å²) in [5.74, 6) is 0.266. The zero-order valence-electron chi connectivity index (χ0n) is 10.5. The molecule has 6 nitrogen and oxygen atoms in total. The van der Waals surface area contributed by atoms with Crippen molar-refractivity contribution >= 4 is 30.5 Å². The Morgan fingerprint density at radius 1 is 1.20 bits per heavy atom. The number of carbonyl (C=O) groups excluding carboxylic acids is 1. The van der Waals surface area contributed by atoms with Gasteiger partial charge in [-0.05, 0) is 16.6 Å². The van der Waals surface area contributed by atoms with E-state index in [2.05, 4.69) is 11.6 Å². The molecular weight excluding hydrogens is 258 g/mol. The molecule has 1 heterocycles. The maximum Gasteiger partial charge on any atom is 0.347 e. The number of imidazole rings is 1. The van der Waals surface area contributed by atoms with E-state index in [0.717, 1.165) is 11.8 Å². The van der Waals surface area contributed by atoms with E-state index in [-0.39, 0.29) is 5.82 Å². The second kappa shape index (κ2) is 5.75. The van der Waals surface area contributed by atoms with E-state index in [1.54, 1.807) is 36.4 Å².